The van der Waals surface area contributed by atoms with Crippen molar-refractivity contribution in [1.82, 2.24) is 0 Å². The molecule has 0 saturated carbocycles. The molecule has 0 bridgehead atoms. The van der Waals surface area contributed by atoms with Crippen LogP contribution < -0.4 is 16.4 Å². The lowest BCUT2D eigenvalue weighted by Crippen LogP contribution is -2.30. The van der Waals surface area contributed by atoms with Crippen LogP contribution in [0.4, 0.5) is 5.69 Å². The van der Waals surface area contributed by atoms with E-state index in [1.54, 1.807) is 0 Å². The van der Waals surface area contributed by atoms with E-state index >= 15 is 0 Å². The standard InChI is InChI=1S/C13H20N4.HI/c14-13(15)16-10-11-6-2-3-7-12(11)17-8-4-1-5-9-17;/h2-3,6-7H,1,4-5,8-10H2,(H4,14,15,16);1H. The van der Waals surface area contributed by atoms with Crippen molar-refractivity contribution in [3.05, 3.63) is 29.8 Å². The first kappa shape index (κ1) is 15.1. The summed E-state index contributed by atoms with van der Waals surface area (Å²) in [6.45, 7) is 2.84. The molecule has 1 heterocycles. The number of guanidine groups is 1. The average molecular weight is 360 g/mol. The lowest BCUT2D eigenvalue weighted by molar-refractivity contribution is 0.576. The summed E-state index contributed by atoms with van der Waals surface area (Å²) in [6.07, 6.45) is 3.89. The Labute approximate surface area is 125 Å². The number of anilines is 1. The van der Waals surface area contributed by atoms with E-state index in [2.05, 4.69) is 28.1 Å². The van der Waals surface area contributed by atoms with Crippen molar-refractivity contribution >= 4 is 35.6 Å². The summed E-state index contributed by atoms with van der Waals surface area (Å²) in [5.74, 6) is 0.151. The molecule has 4 nitrogen and oxygen atoms in total. The Kier molecular flexibility index (Phi) is 6.24. The number of aliphatic imine (C=N–C) groups is 1. The Morgan fingerprint density at radius 3 is 2.44 bits per heavy atom. The summed E-state index contributed by atoms with van der Waals surface area (Å²) in [5.41, 5.74) is 13.2. The van der Waals surface area contributed by atoms with Crippen molar-refractivity contribution in [3.63, 3.8) is 0 Å². The molecule has 0 atom stereocenters. The van der Waals surface area contributed by atoms with Crippen LogP contribution in [0.25, 0.3) is 0 Å². The van der Waals surface area contributed by atoms with Gasteiger partial charge in [-0.15, -0.1) is 24.0 Å². The van der Waals surface area contributed by atoms with Gasteiger partial charge in [-0.05, 0) is 30.9 Å². The van der Waals surface area contributed by atoms with Gasteiger partial charge in [-0.1, -0.05) is 18.2 Å². The minimum absolute atomic E-state index is 0. The van der Waals surface area contributed by atoms with Gasteiger partial charge in [0.25, 0.3) is 0 Å². The van der Waals surface area contributed by atoms with Crippen molar-refractivity contribution in [1.29, 1.82) is 0 Å². The van der Waals surface area contributed by atoms with Crippen molar-refractivity contribution in [2.24, 2.45) is 16.5 Å². The quantitative estimate of drug-likeness (QED) is 0.493. The molecule has 0 unspecified atom stereocenters. The van der Waals surface area contributed by atoms with Gasteiger partial charge in [0.1, 0.15) is 0 Å². The largest absolute Gasteiger partial charge is 0.371 e. The minimum Gasteiger partial charge on any atom is -0.371 e. The van der Waals surface area contributed by atoms with Crippen LogP contribution in [-0.4, -0.2) is 19.0 Å². The highest BCUT2D eigenvalue weighted by atomic mass is 127. The molecule has 1 aliphatic rings. The molecule has 0 spiro atoms. The van der Waals surface area contributed by atoms with Crippen molar-refractivity contribution in [2.75, 3.05) is 18.0 Å². The second-order valence-corrected chi connectivity index (χ2v) is 4.42. The van der Waals surface area contributed by atoms with Crippen LogP contribution in [0.1, 0.15) is 24.8 Å². The zero-order valence-corrected chi connectivity index (χ0v) is 12.8. The van der Waals surface area contributed by atoms with Crippen molar-refractivity contribution < 1.29 is 0 Å². The van der Waals surface area contributed by atoms with Gasteiger partial charge in [-0.25, -0.2) is 4.99 Å². The molecule has 100 valence electrons. The number of nitrogens with zero attached hydrogens (tertiary/aromatic N) is 2. The molecule has 0 amide bonds. The molecule has 0 radical (unpaired) electrons. The van der Waals surface area contributed by atoms with Gasteiger partial charge in [0.15, 0.2) is 5.96 Å². The molecule has 18 heavy (non-hydrogen) atoms. The smallest absolute Gasteiger partial charge is 0.186 e. The van der Waals surface area contributed by atoms with E-state index in [1.165, 1.54) is 30.5 Å². The first-order valence-corrected chi connectivity index (χ1v) is 6.15. The SMILES string of the molecule is I.NC(N)=NCc1ccccc1N1CCCCC1. The maximum atomic E-state index is 5.38. The normalized spacial score (nSPS) is 14.8. The fourth-order valence-electron chi connectivity index (χ4n) is 2.26. The Morgan fingerprint density at radius 1 is 1.11 bits per heavy atom. The van der Waals surface area contributed by atoms with Crippen molar-refractivity contribution in [2.45, 2.75) is 25.8 Å². The molecule has 0 aromatic heterocycles. The number of rotatable bonds is 3. The summed E-state index contributed by atoms with van der Waals surface area (Å²) in [5, 5.41) is 0. The number of nitrogens with two attached hydrogens (primary N) is 2. The fraction of sp³-hybridized carbons (Fsp3) is 0.462. The number of halogens is 1. The molecule has 1 aromatic carbocycles. The predicted octanol–water partition coefficient (Wildman–Crippen LogP) is 2.07. The summed E-state index contributed by atoms with van der Waals surface area (Å²) in [7, 11) is 0. The zero-order valence-electron chi connectivity index (χ0n) is 10.5. The number of piperidine rings is 1. The van der Waals surface area contributed by atoms with E-state index in [4.69, 9.17) is 11.5 Å². The van der Waals surface area contributed by atoms with E-state index in [0.29, 0.717) is 6.54 Å². The third-order valence-electron chi connectivity index (χ3n) is 3.12. The zero-order chi connectivity index (χ0) is 12.1. The van der Waals surface area contributed by atoms with Crippen LogP contribution >= 0.6 is 24.0 Å². The monoisotopic (exact) mass is 360 g/mol. The molecule has 2 rings (SSSR count). The molecule has 5 heteroatoms. The molecule has 1 fully saturated rings. The first-order chi connectivity index (χ1) is 8.27. The summed E-state index contributed by atoms with van der Waals surface area (Å²) >= 11 is 0. The molecule has 0 aliphatic carbocycles. The number of hydrogen-bond donors (Lipinski definition) is 2. The summed E-state index contributed by atoms with van der Waals surface area (Å²) in [4.78, 5) is 6.53. The van der Waals surface area contributed by atoms with Gasteiger partial charge in [-0.2, -0.15) is 0 Å². The van der Waals surface area contributed by atoms with Gasteiger partial charge in [0.05, 0.1) is 6.54 Å². The molecule has 1 aliphatic heterocycles. The van der Waals surface area contributed by atoms with Crippen LogP contribution in [0.15, 0.2) is 29.3 Å². The van der Waals surface area contributed by atoms with Gasteiger partial charge in [0.2, 0.25) is 0 Å². The van der Waals surface area contributed by atoms with Crippen LogP contribution in [0.2, 0.25) is 0 Å². The molecular formula is C13H21IN4. The molecule has 4 N–H and O–H groups in total. The van der Waals surface area contributed by atoms with E-state index in [9.17, 15) is 0 Å². The van der Waals surface area contributed by atoms with E-state index in [-0.39, 0.29) is 29.9 Å². The van der Waals surface area contributed by atoms with E-state index in [0.717, 1.165) is 13.1 Å². The Hall–Kier alpha value is -0.980. The highest BCUT2D eigenvalue weighted by Gasteiger charge is 2.13. The first-order valence-electron chi connectivity index (χ1n) is 6.15. The lowest BCUT2D eigenvalue weighted by atomic mass is 10.1. The fourth-order valence-corrected chi connectivity index (χ4v) is 2.26. The molecule has 1 aromatic rings. The second-order valence-electron chi connectivity index (χ2n) is 4.42. The third-order valence-corrected chi connectivity index (χ3v) is 3.12. The number of hydrogen-bond acceptors (Lipinski definition) is 2. The van der Waals surface area contributed by atoms with Crippen LogP contribution in [0, 0.1) is 0 Å². The van der Waals surface area contributed by atoms with E-state index in [1.807, 2.05) is 6.07 Å². The average Bonchev–Trinajstić information content (AvgIpc) is 2.38. The Morgan fingerprint density at radius 2 is 1.78 bits per heavy atom. The Bertz CT molecular complexity index is 396. The summed E-state index contributed by atoms with van der Waals surface area (Å²) < 4.78 is 0. The minimum atomic E-state index is 0. The summed E-state index contributed by atoms with van der Waals surface area (Å²) in [6, 6.07) is 8.35. The number of benzene rings is 1. The van der Waals surface area contributed by atoms with Crippen LogP contribution in [0.5, 0.6) is 0 Å². The van der Waals surface area contributed by atoms with Gasteiger partial charge >= 0.3 is 0 Å². The van der Waals surface area contributed by atoms with E-state index < -0.39 is 0 Å². The maximum Gasteiger partial charge on any atom is 0.186 e. The topological polar surface area (TPSA) is 67.6 Å². The van der Waals surface area contributed by atoms with Crippen LogP contribution in [0.3, 0.4) is 0 Å². The Balaban J connectivity index is 0.00000162. The van der Waals surface area contributed by atoms with Gasteiger partial charge < -0.3 is 16.4 Å². The maximum absolute atomic E-state index is 5.38. The van der Waals surface area contributed by atoms with Crippen molar-refractivity contribution in [3.8, 4) is 0 Å². The third kappa shape index (κ3) is 4.04. The highest BCUT2D eigenvalue weighted by Crippen LogP contribution is 2.24. The lowest BCUT2D eigenvalue weighted by Gasteiger charge is -2.30. The highest BCUT2D eigenvalue weighted by molar-refractivity contribution is 14.0. The second kappa shape index (κ2) is 7.45. The van der Waals surface area contributed by atoms with Gasteiger partial charge in [-0.3, -0.25) is 0 Å². The molecular weight excluding hydrogens is 339 g/mol. The van der Waals surface area contributed by atoms with Gasteiger partial charge in [0, 0.05) is 18.8 Å². The predicted molar refractivity (Wildman–Crippen MR) is 87.4 cm³/mol. The molecule has 1 saturated heterocycles. The van der Waals surface area contributed by atoms with Crippen LogP contribution in [-0.2, 0) is 6.54 Å². The number of para-hydroxylation sites is 1.